The first kappa shape index (κ1) is 22.1. The topological polar surface area (TPSA) is 75.3 Å². The van der Waals surface area contributed by atoms with Crippen LogP contribution in [0.4, 0.5) is 13.2 Å². The van der Waals surface area contributed by atoms with Crippen molar-refractivity contribution in [3.05, 3.63) is 70.8 Å². The second-order valence-electron chi connectivity index (χ2n) is 6.44. The molecule has 5 nitrogen and oxygen atoms in total. The van der Waals surface area contributed by atoms with Crippen LogP contribution in [0, 0.1) is 6.92 Å². The molecule has 0 atom stereocenters. The number of nitrogens with one attached hydrogen (secondary N) is 2. The monoisotopic (exact) mass is 406 g/mol. The first-order chi connectivity index (χ1) is 13.7. The number of hydrogen-bond donors (Lipinski definition) is 2. The van der Waals surface area contributed by atoms with Crippen LogP contribution >= 0.6 is 0 Å². The predicted molar refractivity (Wildman–Crippen MR) is 102 cm³/mol. The van der Waals surface area contributed by atoms with Gasteiger partial charge < -0.3 is 10.6 Å². The molecule has 0 fully saturated rings. The number of benzene rings is 2. The van der Waals surface area contributed by atoms with E-state index in [1.54, 1.807) is 12.1 Å². The van der Waals surface area contributed by atoms with Gasteiger partial charge in [-0.3, -0.25) is 14.4 Å². The second kappa shape index (κ2) is 9.86. The van der Waals surface area contributed by atoms with Gasteiger partial charge in [-0.05, 0) is 19.1 Å². The average molecular weight is 406 g/mol. The van der Waals surface area contributed by atoms with Crippen molar-refractivity contribution in [3.8, 4) is 0 Å². The lowest BCUT2D eigenvalue weighted by atomic mass is 10.1. The van der Waals surface area contributed by atoms with Crippen LogP contribution in [0.3, 0.4) is 0 Å². The summed E-state index contributed by atoms with van der Waals surface area (Å²) in [5.41, 5.74) is 0.0596. The molecule has 8 heteroatoms. The third kappa shape index (κ3) is 6.74. The average Bonchev–Trinajstić information content (AvgIpc) is 2.69. The highest BCUT2D eigenvalue weighted by Crippen LogP contribution is 2.31. The minimum atomic E-state index is -4.63. The van der Waals surface area contributed by atoms with E-state index in [1.165, 1.54) is 12.1 Å². The van der Waals surface area contributed by atoms with Crippen LogP contribution in [0.1, 0.15) is 44.7 Å². The molecule has 0 saturated carbocycles. The molecule has 0 bridgehead atoms. The smallest absolute Gasteiger partial charge is 0.354 e. The Morgan fingerprint density at radius 1 is 0.862 bits per heavy atom. The third-order valence-corrected chi connectivity index (χ3v) is 4.16. The van der Waals surface area contributed by atoms with E-state index in [2.05, 4.69) is 10.6 Å². The lowest BCUT2D eigenvalue weighted by molar-refractivity contribution is -0.138. The van der Waals surface area contributed by atoms with Gasteiger partial charge in [0.1, 0.15) is 0 Å². The Balaban J connectivity index is 1.74. The van der Waals surface area contributed by atoms with Gasteiger partial charge in [0.05, 0.1) is 11.1 Å². The number of alkyl halides is 3. The van der Waals surface area contributed by atoms with Crippen molar-refractivity contribution < 1.29 is 27.6 Å². The Hall–Kier alpha value is -3.16. The standard InChI is InChI=1S/C21H21F3N2O3/c1-14-6-8-15(9-7-14)18(27)10-11-19(28)25-12-13-26-20(29)16-4-2-3-5-17(16)21(22,23)24/h2-9H,10-13H2,1H3,(H,25,28)(H,26,29). The summed E-state index contributed by atoms with van der Waals surface area (Å²) in [5, 5.41) is 4.86. The predicted octanol–water partition coefficient (Wildman–Crippen LogP) is 3.52. The molecule has 0 aliphatic rings. The first-order valence-corrected chi connectivity index (χ1v) is 8.99. The highest BCUT2D eigenvalue weighted by atomic mass is 19.4. The zero-order valence-corrected chi connectivity index (χ0v) is 15.8. The molecule has 0 aliphatic heterocycles. The molecule has 154 valence electrons. The van der Waals surface area contributed by atoms with Gasteiger partial charge in [0.15, 0.2) is 5.78 Å². The summed E-state index contributed by atoms with van der Waals surface area (Å²) in [6.07, 6.45) is -4.61. The SMILES string of the molecule is Cc1ccc(C(=O)CCC(=O)NCCNC(=O)c2ccccc2C(F)(F)F)cc1. The Bertz CT molecular complexity index is 877. The van der Waals surface area contributed by atoms with Crippen molar-refractivity contribution in [1.29, 1.82) is 0 Å². The molecule has 2 aromatic carbocycles. The van der Waals surface area contributed by atoms with Gasteiger partial charge in [-0.1, -0.05) is 42.0 Å². The molecule has 0 spiro atoms. The maximum atomic E-state index is 12.9. The van der Waals surface area contributed by atoms with Gasteiger partial charge in [0, 0.05) is 31.5 Å². The van der Waals surface area contributed by atoms with E-state index >= 15 is 0 Å². The zero-order chi connectivity index (χ0) is 21.4. The van der Waals surface area contributed by atoms with E-state index in [0.29, 0.717) is 5.56 Å². The quantitative estimate of drug-likeness (QED) is 0.520. The second-order valence-corrected chi connectivity index (χ2v) is 6.44. The Morgan fingerprint density at radius 3 is 2.14 bits per heavy atom. The summed E-state index contributed by atoms with van der Waals surface area (Å²) in [6.45, 7) is 1.91. The minimum Gasteiger partial charge on any atom is -0.354 e. The number of hydrogen-bond acceptors (Lipinski definition) is 3. The van der Waals surface area contributed by atoms with Gasteiger partial charge in [0.2, 0.25) is 5.91 Å². The van der Waals surface area contributed by atoms with Crippen LogP contribution in [0.15, 0.2) is 48.5 Å². The summed E-state index contributed by atoms with van der Waals surface area (Å²) >= 11 is 0. The molecule has 0 radical (unpaired) electrons. The number of carbonyl (C=O) groups is 3. The van der Waals surface area contributed by atoms with E-state index in [4.69, 9.17) is 0 Å². The maximum absolute atomic E-state index is 12.9. The molecular formula is C21H21F3N2O3. The Kier molecular flexibility index (Phi) is 7.52. The zero-order valence-electron chi connectivity index (χ0n) is 15.8. The van der Waals surface area contributed by atoms with Crippen LogP contribution in [0.5, 0.6) is 0 Å². The molecule has 0 unspecified atom stereocenters. The van der Waals surface area contributed by atoms with E-state index in [1.807, 2.05) is 19.1 Å². The van der Waals surface area contributed by atoms with Gasteiger partial charge in [0.25, 0.3) is 5.91 Å². The van der Waals surface area contributed by atoms with Crippen LogP contribution in [0.2, 0.25) is 0 Å². The third-order valence-electron chi connectivity index (χ3n) is 4.16. The molecular weight excluding hydrogens is 385 g/mol. The number of carbonyl (C=O) groups excluding carboxylic acids is 3. The number of Topliss-reactive ketones (excluding diaryl/α,β-unsaturated/α-hetero) is 1. The summed E-state index contributed by atoms with van der Waals surface area (Å²) in [6, 6.07) is 11.5. The number of aryl methyl sites for hydroxylation is 1. The van der Waals surface area contributed by atoms with E-state index < -0.39 is 23.2 Å². The molecule has 2 N–H and O–H groups in total. The van der Waals surface area contributed by atoms with Gasteiger partial charge in [-0.15, -0.1) is 0 Å². The van der Waals surface area contributed by atoms with E-state index in [0.717, 1.165) is 17.7 Å². The van der Waals surface area contributed by atoms with E-state index in [9.17, 15) is 27.6 Å². The largest absolute Gasteiger partial charge is 0.417 e. The van der Waals surface area contributed by atoms with Crippen molar-refractivity contribution in [1.82, 2.24) is 10.6 Å². The van der Waals surface area contributed by atoms with Crippen molar-refractivity contribution in [2.24, 2.45) is 0 Å². The van der Waals surface area contributed by atoms with Crippen LogP contribution in [-0.4, -0.2) is 30.7 Å². The van der Waals surface area contributed by atoms with Crippen molar-refractivity contribution >= 4 is 17.6 Å². The van der Waals surface area contributed by atoms with Crippen molar-refractivity contribution in [2.45, 2.75) is 25.9 Å². The molecule has 2 rings (SSSR count). The summed E-state index contributed by atoms with van der Waals surface area (Å²) in [7, 11) is 0. The van der Waals surface area contributed by atoms with Crippen LogP contribution < -0.4 is 10.6 Å². The fourth-order valence-electron chi connectivity index (χ4n) is 2.60. The van der Waals surface area contributed by atoms with Crippen LogP contribution in [-0.2, 0) is 11.0 Å². The summed E-state index contributed by atoms with van der Waals surface area (Å²) < 4.78 is 38.8. The van der Waals surface area contributed by atoms with Crippen molar-refractivity contribution in [3.63, 3.8) is 0 Å². The lowest BCUT2D eigenvalue weighted by Gasteiger charge is -2.12. The molecule has 0 aromatic heterocycles. The lowest BCUT2D eigenvalue weighted by Crippen LogP contribution is -2.35. The number of amides is 2. The Labute approximate surface area is 166 Å². The molecule has 0 aliphatic carbocycles. The normalized spacial score (nSPS) is 11.0. The molecule has 0 saturated heterocycles. The summed E-state index contributed by atoms with van der Waals surface area (Å²) in [4.78, 5) is 35.8. The fourth-order valence-corrected chi connectivity index (χ4v) is 2.60. The first-order valence-electron chi connectivity index (χ1n) is 8.99. The molecule has 2 aromatic rings. The highest BCUT2D eigenvalue weighted by molar-refractivity contribution is 5.98. The number of halogens is 3. The fraction of sp³-hybridized carbons (Fsp3) is 0.286. The van der Waals surface area contributed by atoms with Crippen LogP contribution in [0.25, 0.3) is 0 Å². The Morgan fingerprint density at radius 2 is 1.48 bits per heavy atom. The molecule has 2 amide bonds. The van der Waals surface area contributed by atoms with Gasteiger partial charge in [-0.25, -0.2) is 0 Å². The van der Waals surface area contributed by atoms with E-state index in [-0.39, 0.29) is 37.6 Å². The van der Waals surface area contributed by atoms with Crippen molar-refractivity contribution in [2.75, 3.05) is 13.1 Å². The molecule has 0 heterocycles. The number of ketones is 1. The highest BCUT2D eigenvalue weighted by Gasteiger charge is 2.34. The maximum Gasteiger partial charge on any atom is 0.417 e. The molecule has 29 heavy (non-hydrogen) atoms. The summed E-state index contributed by atoms with van der Waals surface area (Å²) in [5.74, 6) is -1.41. The minimum absolute atomic E-state index is 0.0163. The van der Waals surface area contributed by atoms with Gasteiger partial charge >= 0.3 is 6.18 Å². The van der Waals surface area contributed by atoms with Gasteiger partial charge in [-0.2, -0.15) is 13.2 Å². The number of rotatable bonds is 8.